The Morgan fingerprint density at radius 3 is 2.32 bits per heavy atom. The maximum atomic E-state index is 6.64. The summed E-state index contributed by atoms with van der Waals surface area (Å²) >= 11 is 6.12. The molecule has 0 bridgehead atoms. The van der Waals surface area contributed by atoms with Crippen molar-refractivity contribution < 1.29 is 0 Å². The molecule has 0 aliphatic heterocycles. The van der Waals surface area contributed by atoms with Crippen LogP contribution in [0.2, 0.25) is 5.02 Å². The van der Waals surface area contributed by atoms with Crippen molar-refractivity contribution in [3.05, 3.63) is 34.9 Å². The average molecular weight is 281 g/mol. The Balaban J connectivity index is 2.32. The molecule has 1 atom stereocenters. The second-order valence-corrected chi connectivity index (χ2v) is 6.38. The molecule has 19 heavy (non-hydrogen) atoms. The minimum Gasteiger partial charge on any atom is -0.322 e. The number of likely N-dealkylation sites (N-methyl/N-ethyl adjacent to an activating group) is 1. The fourth-order valence-corrected chi connectivity index (χ4v) is 3.59. The first-order valence-corrected chi connectivity index (χ1v) is 7.62. The summed E-state index contributed by atoms with van der Waals surface area (Å²) in [6.07, 6.45) is 7.55. The summed E-state index contributed by atoms with van der Waals surface area (Å²) in [6, 6.07) is 8.05. The maximum absolute atomic E-state index is 6.64. The molecule has 1 aromatic carbocycles. The van der Waals surface area contributed by atoms with Gasteiger partial charge in [-0.2, -0.15) is 0 Å². The Hall–Kier alpha value is -0.570. The number of halogens is 1. The monoisotopic (exact) mass is 280 g/mol. The molecule has 1 unspecified atom stereocenters. The minimum absolute atomic E-state index is 0.0271. The third-order valence-electron chi connectivity index (χ3n) is 4.65. The molecule has 0 saturated heterocycles. The fourth-order valence-electron chi connectivity index (χ4n) is 3.39. The van der Waals surface area contributed by atoms with E-state index in [1.54, 1.807) is 0 Å². The van der Waals surface area contributed by atoms with E-state index in [-0.39, 0.29) is 11.6 Å². The van der Waals surface area contributed by atoms with Gasteiger partial charge >= 0.3 is 0 Å². The van der Waals surface area contributed by atoms with Gasteiger partial charge in [-0.3, -0.25) is 0 Å². The summed E-state index contributed by atoms with van der Waals surface area (Å²) < 4.78 is 0. The molecule has 1 fully saturated rings. The van der Waals surface area contributed by atoms with Crippen molar-refractivity contribution in [3.8, 4) is 0 Å². The largest absolute Gasteiger partial charge is 0.322 e. The van der Waals surface area contributed by atoms with E-state index in [1.807, 2.05) is 18.2 Å². The first-order chi connectivity index (χ1) is 9.06. The number of rotatable bonds is 3. The summed E-state index contributed by atoms with van der Waals surface area (Å²) in [5, 5.41) is 0.774. The van der Waals surface area contributed by atoms with Crippen molar-refractivity contribution in [2.24, 2.45) is 5.73 Å². The topological polar surface area (TPSA) is 29.3 Å². The molecular weight excluding hydrogens is 256 g/mol. The SMILES string of the molecule is CN(C)C1(C(N)c2cccc(Cl)c2)CCCCCC1. The molecule has 2 nitrogen and oxygen atoms in total. The van der Waals surface area contributed by atoms with E-state index in [4.69, 9.17) is 17.3 Å². The molecule has 0 amide bonds. The van der Waals surface area contributed by atoms with Crippen LogP contribution < -0.4 is 5.73 Å². The number of hydrogen-bond donors (Lipinski definition) is 1. The fraction of sp³-hybridized carbons (Fsp3) is 0.625. The van der Waals surface area contributed by atoms with Gasteiger partial charge in [0.15, 0.2) is 0 Å². The number of benzene rings is 1. The first kappa shape index (κ1) is 14.8. The van der Waals surface area contributed by atoms with E-state index in [2.05, 4.69) is 25.1 Å². The lowest BCUT2D eigenvalue weighted by Crippen LogP contribution is -2.52. The number of nitrogens with zero attached hydrogens (tertiary/aromatic N) is 1. The molecular formula is C16H25ClN2. The Bertz CT molecular complexity index is 409. The smallest absolute Gasteiger partial charge is 0.0482 e. The molecule has 106 valence electrons. The van der Waals surface area contributed by atoms with Crippen LogP contribution in [0.4, 0.5) is 0 Å². The Morgan fingerprint density at radius 1 is 1.16 bits per heavy atom. The Kier molecular flexibility index (Phi) is 4.88. The minimum atomic E-state index is 0.0271. The molecule has 0 radical (unpaired) electrons. The van der Waals surface area contributed by atoms with E-state index in [0.717, 1.165) is 10.6 Å². The van der Waals surface area contributed by atoms with Crippen LogP contribution in [0, 0.1) is 0 Å². The first-order valence-electron chi connectivity index (χ1n) is 7.25. The molecule has 0 heterocycles. The third-order valence-corrected chi connectivity index (χ3v) is 4.88. The van der Waals surface area contributed by atoms with Gasteiger partial charge in [-0.15, -0.1) is 0 Å². The van der Waals surface area contributed by atoms with Crippen LogP contribution in [0.1, 0.15) is 50.1 Å². The average Bonchev–Trinajstić information content (AvgIpc) is 2.64. The predicted molar refractivity (Wildman–Crippen MR) is 82.5 cm³/mol. The molecule has 1 aliphatic rings. The lowest BCUT2D eigenvalue weighted by atomic mass is 9.78. The van der Waals surface area contributed by atoms with Crippen molar-refractivity contribution in [2.75, 3.05) is 14.1 Å². The van der Waals surface area contributed by atoms with Gasteiger partial charge in [0.2, 0.25) is 0 Å². The van der Waals surface area contributed by atoms with Gasteiger partial charge < -0.3 is 10.6 Å². The van der Waals surface area contributed by atoms with Crippen molar-refractivity contribution >= 4 is 11.6 Å². The van der Waals surface area contributed by atoms with E-state index >= 15 is 0 Å². The van der Waals surface area contributed by atoms with Crippen LogP contribution >= 0.6 is 11.6 Å². The molecule has 3 heteroatoms. The van der Waals surface area contributed by atoms with Gasteiger partial charge in [-0.25, -0.2) is 0 Å². The van der Waals surface area contributed by atoms with Crippen LogP contribution in [0.25, 0.3) is 0 Å². The molecule has 1 aliphatic carbocycles. The molecule has 2 rings (SSSR count). The highest BCUT2D eigenvalue weighted by Gasteiger charge is 2.39. The van der Waals surface area contributed by atoms with E-state index in [9.17, 15) is 0 Å². The summed E-state index contributed by atoms with van der Waals surface area (Å²) in [5.41, 5.74) is 7.87. The normalized spacial score (nSPS) is 21.1. The van der Waals surface area contributed by atoms with Crippen LogP contribution in [0.5, 0.6) is 0 Å². The van der Waals surface area contributed by atoms with Crippen molar-refractivity contribution in [2.45, 2.75) is 50.1 Å². The van der Waals surface area contributed by atoms with E-state index < -0.39 is 0 Å². The van der Waals surface area contributed by atoms with Gasteiger partial charge in [0.25, 0.3) is 0 Å². The second-order valence-electron chi connectivity index (χ2n) is 5.94. The summed E-state index contributed by atoms with van der Waals surface area (Å²) in [6.45, 7) is 0. The van der Waals surface area contributed by atoms with Gasteiger partial charge in [0, 0.05) is 16.6 Å². The van der Waals surface area contributed by atoms with Crippen molar-refractivity contribution in [1.82, 2.24) is 4.90 Å². The lowest BCUT2D eigenvalue weighted by molar-refractivity contribution is 0.0969. The maximum Gasteiger partial charge on any atom is 0.0482 e. The Morgan fingerprint density at radius 2 is 1.79 bits per heavy atom. The molecule has 1 saturated carbocycles. The van der Waals surface area contributed by atoms with Gasteiger partial charge in [-0.1, -0.05) is 49.4 Å². The summed E-state index contributed by atoms with van der Waals surface area (Å²) in [4.78, 5) is 2.34. The summed E-state index contributed by atoms with van der Waals surface area (Å²) in [7, 11) is 4.32. The number of nitrogens with two attached hydrogens (primary N) is 1. The molecule has 2 N–H and O–H groups in total. The second kappa shape index (κ2) is 6.25. The lowest BCUT2D eigenvalue weighted by Gasteiger charge is -2.44. The van der Waals surface area contributed by atoms with Crippen molar-refractivity contribution in [3.63, 3.8) is 0 Å². The zero-order valence-corrected chi connectivity index (χ0v) is 12.8. The van der Waals surface area contributed by atoms with Gasteiger partial charge in [0.05, 0.1) is 0 Å². The van der Waals surface area contributed by atoms with Gasteiger partial charge in [0.1, 0.15) is 0 Å². The Labute approximate surface area is 121 Å². The van der Waals surface area contributed by atoms with E-state index in [1.165, 1.54) is 38.5 Å². The highest BCUT2D eigenvalue weighted by Crippen LogP contribution is 2.40. The predicted octanol–water partition coefficient (Wildman–Crippen LogP) is 3.99. The standard InChI is InChI=1S/C16H25ClN2/c1-19(2)16(10-5-3-4-6-11-16)15(18)13-8-7-9-14(17)12-13/h7-9,12,15H,3-6,10-11,18H2,1-2H3. The zero-order chi connectivity index (χ0) is 13.9. The van der Waals surface area contributed by atoms with Gasteiger partial charge in [-0.05, 0) is 44.6 Å². The van der Waals surface area contributed by atoms with E-state index in [0.29, 0.717) is 0 Å². The molecule has 0 aromatic heterocycles. The number of hydrogen-bond acceptors (Lipinski definition) is 2. The van der Waals surface area contributed by atoms with Crippen LogP contribution in [0.3, 0.4) is 0 Å². The zero-order valence-electron chi connectivity index (χ0n) is 12.0. The molecule has 0 spiro atoms. The highest BCUT2D eigenvalue weighted by molar-refractivity contribution is 6.30. The molecule has 1 aromatic rings. The van der Waals surface area contributed by atoms with Crippen molar-refractivity contribution in [1.29, 1.82) is 0 Å². The van der Waals surface area contributed by atoms with Crippen LogP contribution in [0.15, 0.2) is 24.3 Å². The third kappa shape index (κ3) is 3.13. The quantitative estimate of drug-likeness (QED) is 0.848. The summed E-state index contributed by atoms with van der Waals surface area (Å²) in [5.74, 6) is 0. The highest BCUT2D eigenvalue weighted by atomic mass is 35.5. The van der Waals surface area contributed by atoms with Crippen LogP contribution in [-0.2, 0) is 0 Å². The van der Waals surface area contributed by atoms with Crippen LogP contribution in [-0.4, -0.2) is 24.5 Å².